The summed E-state index contributed by atoms with van der Waals surface area (Å²) in [5.41, 5.74) is 35.5. The zero-order valence-electron chi connectivity index (χ0n) is 62.1. The summed E-state index contributed by atoms with van der Waals surface area (Å²) in [4.78, 5) is 5.47. The number of nitrogens with zero attached hydrogens (tertiary/aromatic N) is 2. The van der Waals surface area contributed by atoms with Gasteiger partial charge in [0.2, 0.25) is 0 Å². The van der Waals surface area contributed by atoms with E-state index in [1.165, 1.54) is 85.8 Å². The molecule has 0 N–H and O–H groups in total. The zero-order chi connectivity index (χ0) is 72.8. The summed E-state index contributed by atoms with van der Waals surface area (Å²) >= 11 is 0.160. The fraction of sp³-hybridized carbons (Fsp3) is 0.118. The molecule has 18 aromatic rings. The normalized spacial score (nSPS) is 13.2. The van der Waals surface area contributed by atoms with E-state index in [1.807, 2.05) is 0 Å². The van der Waals surface area contributed by atoms with Gasteiger partial charge in [-0.15, -0.1) is 0 Å². The number of hydrogen-bond acceptors (Lipinski definition) is 4. The van der Waals surface area contributed by atoms with E-state index in [9.17, 15) is 0 Å². The summed E-state index contributed by atoms with van der Waals surface area (Å²) in [6, 6.07) is 117. The Labute approximate surface area is 636 Å². The van der Waals surface area contributed by atoms with Crippen molar-refractivity contribution < 1.29 is 8.83 Å². The van der Waals surface area contributed by atoms with Crippen LogP contribution in [0.4, 0.5) is 34.1 Å². The first-order chi connectivity index (χ1) is 52.4. The molecule has 108 heavy (non-hydrogen) atoms. The van der Waals surface area contributed by atoms with Crippen LogP contribution >= 0.6 is 0 Å². The third-order valence-electron chi connectivity index (χ3n) is 23.4. The van der Waals surface area contributed by atoms with Gasteiger partial charge >= 0.3 is 382 Å². The Bertz CT molecular complexity index is 6430. The summed E-state index contributed by atoms with van der Waals surface area (Å²) < 4.78 is 16.0. The number of benzene rings is 15. The number of rotatable bonds is 4. The Morgan fingerprint density at radius 3 is 1.00 bits per heavy atom. The Hall–Kier alpha value is -11.9. The summed E-state index contributed by atoms with van der Waals surface area (Å²) in [6.07, 6.45) is 0. The van der Waals surface area contributed by atoms with Crippen molar-refractivity contribution in [1.82, 2.24) is 0 Å². The molecule has 6 heterocycles. The predicted molar refractivity (Wildman–Crippen MR) is 460 cm³/mol. The summed E-state index contributed by atoms with van der Waals surface area (Å²) in [5, 5.41) is 7.07. The van der Waals surface area contributed by atoms with E-state index in [0.29, 0.717) is 0 Å². The molecule has 0 fully saturated rings. The summed E-state index contributed by atoms with van der Waals surface area (Å²) in [6.45, 7) is 21.1. The van der Waals surface area contributed by atoms with Crippen molar-refractivity contribution in [3.63, 3.8) is 0 Å². The van der Waals surface area contributed by atoms with Gasteiger partial charge in [0, 0.05) is 21.5 Å². The number of para-hydroxylation sites is 2. The van der Waals surface area contributed by atoms with Gasteiger partial charge in [-0.25, -0.2) is 0 Å². The maximum absolute atomic E-state index is 6.57. The Kier molecular flexibility index (Phi) is 14.2. The van der Waals surface area contributed by atoms with Crippen molar-refractivity contribution in [3.8, 4) is 89.0 Å². The number of anilines is 6. The molecule has 3 aromatic heterocycles. The topological polar surface area (TPSA) is 32.8 Å². The van der Waals surface area contributed by atoms with Crippen LogP contribution in [-0.4, -0.2) is 21.2 Å². The minimum atomic E-state index is -0.331. The predicted octanol–water partition coefficient (Wildman–Crippen LogP) is 26.5. The van der Waals surface area contributed by atoms with Crippen molar-refractivity contribution in [1.29, 1.82) is 0 Å². The second-order valence-corrected chi connectivity index (χ2v) is 35.5. The molecule has 15 aromatic carbocycles. The molecule has 0 aliphatic carbocycles. The summed E-state index contributed by atoms with van der Waals surface area (Å²) in [5.74, 6) is 0. The van der Waals surface area contributed by atoms with Crippen LogP contribution in [0.1, 0.15) is 79.0 Å². The van der Waals surface area contributed by atoms with Crippen molar-refractivity contribution in [2.75, 3.05) is 9.80 Å². The molecule has 516 valence electrons. The van der Waals surface area contributed by atoms with Crippen molar-refractivity contribution in [3.05, 3.63) is 320 Å². The molecule has 13 bridgehead atoms. The van der Waals surface area contributed by atoms with E-state index < -0.39 is 0 Å². The van der Waals surface area contributed by atoms with E-state index in [2.05, 4.69) is 375 Å². The van der Waals surface area contributed by atoms with Crippen molar-refractivity contribution in [2.45, 2.75) is 78.6 Å². The second-order valence-electron chi connectivity index (χ2n) is 33.2. The van der Waals surface area contributed by atoms with Crippen molar-refractivity contribution in [2.24, 2.45) is 0 Å². The van der Waals surface area contributed by atoms with Crippen LogP contribution in [-0.2, 0) is 16.2 Å². The van der Waals surface area contributed by atoms with Gasteiger partial charge in [-0.3, -0.25) is 0 Å². The molecule has 3 aliphatic heterocycles. The Balaban J connectivity index is 0.960. The molecular formula is C102H77BN2O2Se. The molecule has 6 heteroatoms. The van der Waals surface area contributed by atoms with Crippen molar-refractivity contribution >= 4 is 135 Å². The van der Waals surface area contributed by atoms with E-state index in [-0.39, 0.29) is 37.5 Å². The van der Waals surface area contributed by atoms with E-state index in [4.69, 9.17) is 8.83 Å². The van der Waals surface area contributed by atoms with Gasteiger partial charge in [-0.05, 0) is 69.6 Å². The number of hydrogen-bond donors (Lipinski definition) is 0. The van der Waals surface area contributed by atoms with Crippen LogP contribution in [0.25, 0.3) is 152 Å². The molecule has 0 atom stereocenters. The van der Waals surface area contributed by atoms with Crippen LogP contribution in [0.15, 0.2) is 312 Å². The Morgan fingerprint density at radius 2 is 0.574 bits per heavy atom. The first-order valence-electron chi connectivity index (χ1n) is 37.9. The van der Waals surface area contributed by atoms with E-state index in [1.54, 1.807) is 0 Å². The third kappa shape index (κ3) is 10.2. The molecule has 0 radical (unpaired) electrons. The zero-order valence-corrected chi connectivity index (χ0v) is 63.8. The fourth-order valence-electron chi connectivity index (χ4n) is 17.7. The van der Waals surface area contributed by atoms with Crippen LogP contribution < -0.4 is 26.2 Å². The number of furan rings is 2. The summed E-state index contributed by atoms with van der Waals surface area (Å²) in [7, 11) is 0. The molecule has 3 aliphatic rings. The molecule has 0 amide bonds. The molecule has 0 unspecified atom stereocenters. The number of fused-ring (bicyclic) bond motifs is 26. The third-order valence-corrected chi connectivity index (χ3v) is 25.8. The first kappa shape index (κ1) is 64.5. The maximum atomic E-state index is 6.57. The Morgan fingerprint density at radius 1 is 0.250 bits per heavy atom. The van der Waals surface area contributed by atoms with Crippen LogP contribution in [0, 0.1) is 0 Å². The van der Waals surface area contributed by atoms with Gasteiger partial charge in [-0.2, -0.15) is 0 Å². The SMILES string of the molecule is CC(C)(C)c1cc(-c2ccccc2)c2c(c1)-c1cccc(c1)-c1ccc3[se]c4ccc(cc4c3c1)-c1cccc(c1)-c1cc(C(C)(C)C)cc(-c3ccccc3)c1N1c3ccc(-c4ccc5oc6ccccc6c5c4)cc3B3c4cc(-c5ccc6oc7ccccc7c6c5)ccc4N2c2cc(C(C)(C)C)cc1c23. The van der Waals surface area contributed by atoms with Gasteiger partial charge in [0.05, 0.1) is 0 Å². The van der Waals surface area contributed by atoms with Gasteiger partial charge in [0.15, 0.2) is 0 Å². The molecule has 0 spiro atoms. The standard InChI is InChI=1S/C102H77BN2O2Se/c1-100(2,3)72-54-77(60-22-12-10-13-23-60)98-79(56-72)70-28-20-26-62(46-70)66-38-44-95-83(50-66)84-51-67(39-45-96(84)108-95)63-27-21-29-71(47-63)80-57-73(101(4,5)6)55-78(61-24-14-11-15-25-61)99(80)105-88-41-35-69(65-37-43-94-82(49-65)76-31-17-19-33-92(76)107-94)53-86(88)103-85-52-68(64-36-42-93-81(48-64)75-30-16-18-32-91(75)106-93)34-40-87(85)104(98)89-58-74(102(7,8)9)59-90(105)97(89)103/h10-59H,1-9H3. The second kappa shape index (κ2) is 23.8. The van der Waals surface area contributed by atoms with Crippen LogP contribution in [0.5, 0.6) is 0 Å². The van der Waals surface area contributed by atoms with Crippen LogP contribution in [0.2, 0.25) is 0 Å². The molecule has 4 nitrogen and oxygen atoms in total. The van der Waals surface area contributed by atoms with Gasteiger partial charge in [0.25, 0.3) is 6.71 Å². The minimum absolute atomic E-state index is 0.160. The molecule has 0 saturated heterocycles. The van der Waals surface area contributed by atoms with E-state index in [0.717, 1.165) is 134 Å². The first-order valence-corrected chi connectivity index (χ1v) is 39.7. The monoisotopic (exact) mass is 1450 g/mol. The van der Waals surface area contributed by atoms with Gasteiger partial charge < -0.3 is 8.83 Å². The van der Waals surface area contributed by atoms with Gasteiger partial charge in [0.1, 0.15) is 22.3 Å². The average molecular weight is 1450 g/mol. The molecule has 0 saturated carbocycles. The van der Waals surface area contributed by atoms with Crippen LogP contribution in [0.3, 0.4) is 0 Å². The van der Waals surface area contributed by atoms with E-state index >= 15 is 0 Å². The fourth-order valence-corrected chi connectivity index (χ4v) is 19.9. The quantitative estimate of drug-likeness (QED) is 0.164. The van der Waals surface area contributed by atoms with Gasteiger partial charge in [-0.1, -0.05) is 130 Å². The molecular weight excluding hydrogens is 1370 g/mol. The average Bonchev–Trinajstić information content (AvgIpc) is 0.910. The molecule has 21 rings (SSSR count).